The molecule has 0 bridgehead atoms. The van der Waals surface area contributed by atoms with E-state index in [4.69, 9.17) is 23.2 Å². The predicted octanol–water partition coefficient (Wildman–Crippen LogP) is 3.84. The summed E-state index contributed by atoms with van der Waals surface area (Å²) < 4.78 is 0. The Hall–Kier alpha value is 0.110. The van der Waals surface area contributed by atoms with Crippen LogP contribution in [-0.4, -0.2) is 18.3 Å². The second-order valence-corrected chi connectivity index (χ2v) is 5.83. The second-order valence-electron chi connectivity index (χ2n) is 3.64. The fourth-order valence-electron chi connectivity index (χ4n) is 1.66. The Morgan fingerprint density at radius 2 is 1.93 bits per heavy atom. The van der Waals surface area contributed by atoms with Crippen LogP contribution in [0.5, 0.6) is 0 Å². The largest absolute Gasteiger partial charge is 0.317 e. The lowest BCUT2D eigenvalue weighted by Gasteiger charge is -2.22. The summed E-state index contributed by atoms with van der Waals surface area (Å²) in [5, 5.41) is 5.59. The summed E-state index contributed by atoms with van der Waals surface area (Å²) in [5.74, 6) is 0. The molecule has 15 heavy (non-hydrogen) atoms. The number of hydrogen-bond donors (Lipinski definition) is 1. The van der Waals surface area contributed by atoms with E-state index in [0.717, 1.165) is 28.0 Å². The average molecular weight is 262 g/mol. The molecule has 1 fully saturated rings. The summed E-state index contributed by atoms with van der Waals surface area (Å²) in [7, 11) is 0. The van der Waals surface area contributed by atoms with Crippen molar-refractivity contribution in [3.05, 3.63) is 28.2 Å². The standard InChI is InChI=1S/C11H13Cl2NS/c12-8-1-2-10(13)11(7-8)15-9-3-5-14-6-4-9/h1-2,7,9,14H,3-6H2. The zero-order chi connectivity index (χ0) is 10.7. The summed E-state index contributed by atoms with van der Waals surface area (Å²) in [6.45, 7) is 2.21. The van der Waals surface area contributed by atoms with Crippen LogP contribution < -0.4 is 5.32 Å². The first-order valence-corrected chi connectivity index (χ1v) is 6.72. The van der Waals surface area contributed by atoms with E-state index in [1.54, 1.807) is 0 Å². The molecule has 0 atom stereocenters. The van der Waals surface area contributed by atoms with Gasteiger partial charge >= 0.3 is 0 Å². The van der Waals surface area contributed by atoms with Crippen LogP contribution in [0.3, 0.4) is 0 Å². The van der Waals surface area contributed by atoms with Crippen LogP contribution in [0, 0.1) is 0 Å². The summed E-state index contributed by atoms with van der Waals surface area (Å²) in [5.41, 5.74) is 0. The van der Waals surface area contributed by atoms with Crippen molar-refractivity contribution in [2.24, 2.45) is 0 Å². The molecule has 82 valence electrons. The topological polar surface area (TPSA) is 12.0 Å². The molecule has 1 aliphatic heterocycles. The minimum atomic E-state index is 0.669. The van der Waals surface area contributed by atoms with Crippen LogP contribution in [0.2, 0.25) is 10.0 Å². The van der Waals surface area contributed by atoms with Gasteiger partial charge in [0.05, 0.1) is 5.02 Å². The van der Waals surface area contributed by atoms with Crippen molar-refractivity contribution in [3.8, 4) is 0 Å². The summed E-state index contributed by atoms with van der Waals surface area (Å²) in [4.78, 5) is 1.11. The van der Waals surface area contributed by atoms with E-state index in [9.17, 15) is 0 Å². The van der Waals surface area contributed by atoms with Gasteiger partial charge in [-0.05, 0) is 44.1 Å². The molecule has 2 rings (SSSR count). The lowest BCUT2D eigenvalue weighted by molar-refractivity contribution is 0.531. The maximum atomic E-state index is 6.12. The monoisotopic (exact) mass is 261 g/mol. The zero-order valence-corrected chi connectivity index (χ0v) is 10.6. The van der Waals surface area contributed by atoms with Crippen LogP contribution in [0.15, 0.2) is 23.1 Å². The van der Waals surface area contributed by atoms with Gasteiger partial charge in [0.2, 0.25) is 0 Å². The predicted molar refractivity (Wildman–Crippen MR) is 68.2 cm³/mol. The highest BCUT2D eigenvalue weighted by Gasteiger charge is 2.15. The molecular formula is C11H13Cl2NS. The highest BCUT2D eigenvalue weighted by Crippen LogP contribution is 2.35. The van der Waals surface area contributed by atoms with Crippen molar-refractivity contribution in [1.29, 1.82) is 0 Å². The van der Waals surface area contributed by atoms with Gasteiger partial charge in [-0.25, -0.2) is 0 Å². The fourth-order valence-corrected chi connectivity index (χ4v) is 3.35. The number of hydrogen-bond acceptors (Lipinski definition) is 2. The minimum Gasteiger partial charge on any atom is -0.317 e. The highest BCUT2D eigenvalue weighted by molar-refractivity contribution is 8.00. The number of halogens is 2. The molecule has 0 aliphatic carbocycles. The molecule has 1 nitrogen and oxygen atoms in total. The van der Waals surface area contributed by atoms with Crippen molar-refractivity contribution < 1.29 is 0 Å². The van der Waals surface area contributed by atoms with Crippen LogP contribution in [0.1, 0.15) is 12.8 Å². The first-order chi connectivity index (χ1) is 7.25. The van der Waals surface area contributed by atoms with Crippen molar-refractivity contribution in [2.75, 3.05) is 13.1 Å². The van der Waals surface area contributed by atoms with Crippen molar-refractivity contribution >= 4 is 35.0 Å². The average Bonchev–Trinajstić information content (AvgIpc) is 2.25. The van der Waals surface area contributed by atoms with Crippen molar-refractivity contribution in [3.63, 3.8) is 0 Å². The van der Waals surface area contributed by atoms with Gasteiger partial charge in [0.15, 0.2) is 0 Å². The smallest absolute Gasteiger partial charge is 0.0542 e. The van der Waals surface area contributed by atoms with Crippen LogP contribution in [0.25, 0.3) is 0 Å². The normalized spacial score (nSPS) is 18.0. The number of piperidine rings is 1. The molecule has 1 heterocycles. The third-order valence-electron chi connectivity index (χ3n) is 2.47. The number of thioether (sulfide) groups is 1. The molecule has 0 saturated carbocycles. The molecule has 1 aromatic rings. The molecule has 4 heteroatoms. The van der Waals surface area contributed by atoms with Crippen molar-refractivity contribution in [2.45, 2.75) is 23.0 Å². The third kappa shape index (κ3) is 3.28. The van der Waals surface area contributed by atoms with E-state index < -0.39 is 0 Å². The first-order valence-electron chi connectivity index (χ1n) is 5.08. The molecular weight excluding hydrogens is 249 g/mol. The van der Waals surface area contributed by atoms with Gasteiger partial charge < -0.3 is 5.32 Å². The van der Waals surface area contributed by atoms with Crippen LogP contribution >= 0.6 is 35.0 Å². The van der Waals surface area contributed by atoms with Crippen molar-refractivity contribution in [1.82, 2.24) is 5.32 Å². The van der Waals surface area contributed by atoms with Gasteiger partial charge in [-0.2, -0.15) is 0 Å². The molecule has 0 spiro atoms. The fraction of sp³-hybridized carbons (Fsp3) is 0.455. The Labute approximate surface area is 105 Å². The molecule has 0 radical (unpaired) electrons. The van der Waals surface area contributed by atoms with E-state index in [2.05, 4.69) is 5.32 Å². The molecule has 0 amide bonds. The van der Waals surface area contributed by atoms with Gasteiger partial charge in [-0.1, -0.05) is 23.2 Å². The van der Waals surface area contributed by atoms with Gasteiger partial charge in [0, 0.05) is 15.2 Å². The quantitative estimate of drug-likeness (QED) is 0.869. The summed E-state index contributed by atoms with van der Waals surface area (Å²) in [6, 6.07) is 5.65. The first kappa shape index (κ1) is 11.6. The summed E-state index contributed by atoms with van der Waals surface area (Å²) in [6.07, 6.45) is 2.40. The number of rotatable bonds is 2. The molecule has 0 aromatic heterocycles. The number of nitrogens with one attached hydrogen (secondary N) is 1. The van der Waals surface area contributed by atoms with Gasteiger partial charge in [-0.3, -0.25) is 0 Å². The summed E-state index contributed by atoms with van der Waals surface area (Å²) >= 11 is 13.9. The Morgan fingerprint density at radius 3 is 2.67 bits per heavy atom. The van der Waals surface area contributed by atoms with Gasteiger partial charge in [0.1, 0.15) is 0 Å². The second kappa shape index (κ2) is 5.44. The Morgan fingerprint density at radius 1 is 1.20 bits per heavy atom. The molecule has 1 N–H and O–H groups in total. The van der Waals surface area contributed by atoms with E-state index in [-0.39, 0.29) is 0 Å². The van der Waals surface area contributed by atoms with Crippen LogP contribution in [0.4, 0.5) is 0 Å². The van der Waals surface area contributed by atoms with E-state index in [1.807, 2.05) is 30.0 Å². The lowest BCUT2D eigenvalue weighted by Crippen LogP contribution is -2.29. The van der Waals surface area contributed by atoms with Gasteiger partial charge in [0.25, 0.3) is 0 Å². The van der Waals surface area contributed by atoms with E-state index >= 15 is 0 Å². The van der Waals surface area contributed by atoms with E-state index in [0.29, 0.717) is 5.25 Å². The molecule has 0 unspecified atom stereocenters. The third-order valence-corrected chi connectivity index (χ3v) is 4.55. The molecule has 1 saturated heterocycles. The highest BCUT2D eigenvalue weighted by atomic mass is 35.5. The SMILES string of the molecule is Clc1ccc(Cl)c(SC2CCNCC2)c1. The van der Waals surface area contributed by atoms with Gasteiger partial charge in [-0.15, -0.1) is 11.8 Å². The van der Waals surface area contributed by atoms with E-state index in [1.165, 1.54) is 12.8 Å². The molecule has 1 aliphatic rings. The lowest BCUT2D eigenvalue weighted by atomic mass is 10.2. The Kier molecular flexibility index (Phi) is 4.21. The minimum absolute atomic E-state index is 0.669. The Balaban J connectivity index is 2.05. The maximum absolute atomic E-state index is 6.12. The number of benzene rings is 1. The maximum Gasteiger partial charge on any atom is 0.0542 e. The van der Waals surface area contributed by atoms with Crippen LogP contribution in [-0.2, 0) is 0 Å². The Bertz CT molecular complexity index is 337. The zero-order valence-electron chi connectivity index (χ0n) is 8.30. The molecule has 1 aromatic carbocycles.